The van der Waals surface area contributed by atoms with Crippen molar-refractivity contribution < 1.29 is 0 Å². The lowest BCUT2D eigenvalue weighted by Crippen LogP contribution is -2.38. The van der Waals surface area contributed by atoms with Gasteiger partial charge < -0.3 is 11.1 Å². The Kier molecular flexibility index (Phi) is 3.54. The van der Waals surface area contributed by atoms with E-state index < -0.39 is 10.9 Å². The van der Waals surface area contributed by atoms with Crippen LogP contribution in [0.1, 0.15) is 35.6 Å². The van der Waals surface area contributed by atoms with Gasteiger partial charge in [0.2, 0.25) is 0 Å². The first-order chi connectivity index (χ1) is 9.61. The third kappa shape index (κ3) is 2.13. The van der Waals surface area contributed by atoms with E-state index in [0.717, 1.165) is 23.7 Å². The Morgan fingerprint density at radius 2 is 2.10 bits per heavy atom. The van der Waals surface area contributed by atoms with Gasteiger partial charge in [-0.2, -0.15) is 0 Å². The first kappa shape index (κ1) is 13.6. The molecule has 2 aromatic carbocycles. The number of halogens is 1. The smallest absolute Gasteiger partial charge is 0.253 e. The predicted octanol–water partition coefficient (Wildman–Crippen LogP) is 2.29. The molecular weight excluding hydrogens is 367 g/mol. The molecule has 0 saturated carbocycles. The zero-order valence-corrected chi connectivity index (χ0v) is 13.1. The highest BCUT2D eigenvalue weighted by molar-refractivity contribution is 14.1. The largest absolute Gasteiger partial charge is 0.394 e. The number of alkyl halides is 1. The van der Waals surface area contributed by atoms with E-state index in [-0.39, 0.29) is 11.7 Å². The molecule has 1 aliphatic rings. The first-order valence-electron chi connectivity index (χ1n) is 6.64. The van der Waals surface area contributed by atoms with E-state index in [1.54, 1.807) is 0 Å². The van der Waals surface area contributed by atoms with Gasteiger partial charge >= 0.3 is 0 Å². The third-order valence-corrected chi connectivity index (χ3v) is 4.83. The van der Waals surface area contributed by atoms with Crippen LogP contribution < -0.4 is 21.9 Å². The molecule has 1 aliphatic carbocycles. The second-order valence-electron chi connectivity index (χ2n) is 5.20. The lowest BCUT2D eigenvalue weighted by Gasteiger charge is -2.28. The van der Waals surface area contributed by atoms with Gasteiger partial charge in [0.1, 0.15) is 11.4 Å². The summed E-state index contributed by atoms with van der Waals surface area (Å²) < 4.78 is 0.958. The number of anilines is 2. The van der Waals surface area contributed by atoms with Crippen molar-refractivity contribution in [3.63, 3.8) is 0 Å². The van der Waals surface area contributed by atoms with Gasteiger partial charge in [0.05, 0.1) is 6.04 Å². The number of hydrogen-bond donors (Lipinski definition) is 2. The fourth-order valence-electron chi connectivity index (χ4n) is 2.81. The Labute approximate surface area is 130 Å². The highest BCUT2D eigenvalue weighted by Gasteiger charge is 2.25. The van der Waals surface area contributed by atoms with E-state index in [9.17, 15) is 9.59 Å². The van der Waals surface area contributed by atoms with E-state index in [0.29, 0.717) is 5.69 Å². The molecule has 1 atom stereocenters. The molecule has 20 heavy (non-hydrogen) atoms. The number of nitrogen functional groups attached to an aromatic ring is 1. The van der Waals surface area contributed by atoms with Crippen molar-refractivity contribution in [2.45, 2.75) is 29.7 Å². The minimum absolute atomic E-state index is 0.0761. The number of aryl methyl sites for hydroxylation is 1. The lowest BCUT2D eigenvalue weighted by molar-refractivity contribution is 0.599. The fourth-order valence-corrected chi connectivity index (χ4v) is 3.28. The summed E-state index contributed by atoms with van der Waals surface area (Å²) in [6, 6.07) is 6.59. The van der Waals surface area contributed by atoms with E-state index in [4.69, 9.17) is 5.73 Å². The van der Waals surface area contributed by atoms with Crippen molar-refractivity contribution in [3.8, 4) is 0 Å². The van der Waals surface area contributed by atoms with Crippen LogP contribution in [-0.4, -0.2) is 0 Å². The van der Waals surface area contributed by atoms with Crippen LogP contribution in [-0.2, 0) is 10.8 Å². The Morgan fingerprint density at radius 1 is 1.30 bits per heavy atom. The van der Waals surface area contributed by atoms with Gasteiger partial charge in [0, 0.05) is 4.43 Å². The van der Waals surface area contributed by atoms with E-state index >= 15 is 0 Å². The van der Waals surface area contributed by atoms with Crippen molar-refractivity contribution >= 4 is 34.0 Å². The second kappa shape index (κ2) is 5.20. The number of nitrogens with two attached hydrogens (primary N) is 1. The molecule has 0 heterocycles. The molecule has 104 valence electrons. The normalized spacial score (nSPS) is 17.9. The zero-order chi connectivity index (χ0) is 14.3. The van der Waals surface area contributed by atoms with Crippen LogP contribution in [0, 0.1) is 0 Å². The molecule has 3 rings (SSSR count). The SMILES string of the molecule is Nc1c(NC2CCCc3ccc(CI)cc32)c(=O)c1=O. The fraction of sp³-hybridized carbons (Fsp3) is 0.333. The molecule has 0 aliphatic heterocycles. The predicted molar refractivity (Wildman–Crippen MR) is 89.2 cm³/mol. The van der Waals surface area contributed by atoms with Gasteiger partial charge in [-0.1, -0.05) is 40.8 Å². The number of benzene rings is 1. The summed E-state index contributed by atoms with van der Waals surface area (Å²) in [6.07, 6.45) is 3.09. The summed E-state index contributed by atoms with van der Waals surface area (Å²) in [6.45, 7) is 0. The summed E-state index contributed by atoms with van der Waals surface area (Å²) in [5.41, 5.74) is 8.75. The molecule has 0 spiro atoms. The number of hydrogen-bond acceptors (Lipinski definition) is 4. The van der Waals surface area contributed by atoms with Crippen molar-refractivity contribution in [1.82, 2.24) is 0 Å². The highest BCUT2D eigenvalue weighted by Crippen LogP contribution is 2.33. The molecule has 4 nitrogen and oxygen atoms in total. The Morgan fingerprint density at radius 3 is 2.80 bits per heavy atom. The maximum absolute atomic E-state index is 11.5. The molecule has 0 bridgehead atoms. The van der Waals surface area contributed by atoms with Crippen molar-refractivity contribution in [2.24, 2.45) is 0 Å². The molecule has 0 aromatic heterocycles. The van der Waals surface area contributed by atoms with Gasteiger partial charge in [0.15, 0.2) is 0 Å². The summed E-state index contributed by atoms with van der Waals surface area (Å²) in [7, 11) is 0. The van der Waals surface area contributed by atoms with Gasteiger partial charge in [-0.3, -0.25) is 9.59 Å². The van der Waals surface area contributed by atoms with Crippen LogP contribution in [0.25, 0.3) is 0 Å². The van der Waals surface area contributed by atoms with Crippen LogP contribution in [0.5, 0.6) is 0 Å². The van der Waals surface area contributed by atoms with Crippen molar-refractivity contribution in [3.05, 3.63) is 55.3 Å². The van der Waals surface area contributed by atoms with Gasteiger partial charge in [-0.25, -0.2) is 0 Å². The molecule has 0 amide bonds. The molecule has 1 unspecified atom stereocenters. The minimum atomic E-state index is -0.565. The number of nitrogens with one attached hydrogen (secondary N) is 1. The molecule has 0 fully saturated rings. The summed E-state index contributed by atoms with van der Waals surface area (Å²) in [4.78, 5) is 22.7. The maximum atomic E-state index is 11.5. The van der Waals surface area contributed by atoms with Crippen molar-refractivity contribution in [2.75, 3.05) is 11.1 Å². The average molecular weight is 382 g/mol. The third-order valence-electron chi connectivity index (χ3n) is 3.94. The maximum Gasteiger partial charge on any atom is 0.253 e. The molecule has 0 radical (unpaired) electrons. The monoisotopic (exact) mass is 382 g/mol. The quantitative estimate of drug-likeness (QED) is 0.486. The molecule has 5 heteroatoms. The van der Waals surface area contributed by atoms with E-state index in [1.807, 2.05) is 0 Å². The Bertz CT molecular complexity index is 732. The second-order valence-corrected chi connectivity index (χ2v) is 5.97. The van der Waals surface area contributed by atoms with Crippen LogP contribution in [0.3, 0.4) is 0 Å². The summed E-state index contributed by atoms with van der Waals surface area (Å²) in [5.74, 6) is 0. The minimum Gasteiger partial charge on any atom is -0.394 e. The molecule has 2 aromatic rings. The van der Waals surface area contributed by atoms with Crippen molar-refractivity contribution in [1.29, 1.82) is 0 Å². The summed E-state index contributed by atoms with van der Waals surface area (Å²) in [5, 5.41) is 3.17. The average Bonchev–Trinajstić information content (AvgIpc) is 2.51. The molecule has 3 N–H and O–H groups in total. The van der Waals surface area contributed by atoms with Crippen LogP contribution in [0.15, 0.2) is 27.8 Å². The lowest BCUT2D eigenvalue weighted by atomic mass is 9.86. The molecule has 0 saturated heterocycles. The highest BCUT2D eigenvalue weighted by atomic mass is 127. The first-order valence-corrected chi connectivity index (χ1v) is 8.17. The Hall–Kier alpha value is -1.37. The molecular formula is C15H15IN2O2. The van der Waals surface area contributed by atoms with Crippen LogP contribution in [0.4, 0.5) is 11.4 Å². The van der Waals surface area contributed by atoms with E-state index in [2.05, 4.69) is 46.1 Å². The van der Waals surface area contributed by atoms with Gasteiger partial charge in [0.25, 0.3) is 10.9 Å². The standard InChI is InChI=1S/C15H15IN2O2/c16-7-8-4-5-9-2-1-3-11(10(9)6-8)18-13-12(17)14(19)15(13)20/h4-6,11,18H,1-3,7,17H2. The topological polar surface area (TPSA) is 72.2 Å². The van der Waals surface area contributed by atoms with Gasteiger partial charge in [-0.15, -0.1) is 0 Å². The van der Waals surface area contributed by atoms with Gasteiger partial charge in [-0.05, 0) is 36.0 Å². The van der Waals surface area contributed by atoms with Crippen LogP contribution >= 0.6 is 22.6 Å². The number of fused-ring (bicyclic) bond motifs is 1. The number of rotatable bonds is 3. The Balaban J connectivity index is 1.94. The summed E-state index contributed by atoms with van der Waals surface area (Å²) >= 11 is 2.34. The zero-order valence-electron chi connectivity index (χ0n) is 10.9. The van der Waals surface area contributed by atoms with Crippen LogP contribution in [0.2, 0.25) is 0 Å². The van der Waals surface area contributed by atoms with E-state index in [1.165, 1.54) is 16.7 Å².